The summed E-state index contributed by atoms with van der Waals surface area (Å²) in [5.41, 5.74) is 1.54. The molecule has 1 aromatic carbocycles. The van der Waals surface area contributed by atoms with Crippen LogP contribution in [-0.2, 0) is 11.3 Å². The minimum atomic E-state index is -0.243. The van der Waals surface area contributed by atoms with Gasteiger partial charge in [-0.2, -0.15) is 0 Å². The van der Waals surface area contributed by atoms with Crippen LogP contribution in [0.15, 0.2) is 51.9 Å². The SMILES string of the molecule is CN(C)c1ccc(NC(=O)Cn2cc(Br)ccc2=O)cc1. The molecule has 0 radical (unpaired) electrons. The van der Waals surface area contributed by atoms with Crippen LogP contribution in [0.2, 0.25) is 0 Å². The van der Waals surface area contributed by atoms with Crippen molar-refractivity contribution in [2.75, 3.05) is 24.3 Å². The summed E-state index contributed by atoms with van der Waals surface area (Å²) < 4.78 is 2.11. The van der Waals surface area contributed by atoms with Gasteiger partial charge in [-0.05, 0) is 46.3 Å². The van der Waals surface area contributed by atoms with E-state index in [1.54, 1.807) is 12.3 Å². The first-order chi connectivity index (χ1) is 9.95. The van der Waals surface area contributed by atoms with Gasteiger partial charge in [-0.1, -0.05) is 0 Å². The molecule has 0 saturated heterocycles. The summed E-state index contributed by atoms with van der Waals surface area (Å²) in [6, 6.07) is 10.6. The molecule has 0 aliphatic rings. The summed E-state index contributed by atoms with van der Waals surface area (Å²) in [5.74, 6) is -0.243. The third-order valence-electron chi connectivity index (χ3n) is 2.93. The number of amides is 1. The highest BCUT2D eigenvalue weighted by molar-refractivity contribution is 9.10. The van der Waals surface area contributed by atoms with E-state index in [9.17, 15) is 9.59 Å². The van der Waals surface area contributed by atoms with Crippen molar-refractivity contribution in [2.45, 2.75) is 6.54 Å². The summed E-state index contributed by atoms with van der Waals surface area (Å²) >= 11 is 3.28. The van der Waals surface area contributed by atoms with Gasteiger partial charge in [0, 0.05) is 42.2 Å². The van der Waals surface area contributed by atoms with Gasteiger partial charge < -0.3 is 14.8 Å². The zero-order chi connectivity index (χ0) is 15.4. The molecule has 2 rings (SSSR count). The van der Waals surface area contributed by atoms with E-state index in [4.69, 9.17) is 0 Å². The molecule has 5 nitrogen and oxygen atoms in total. The second-order valence-corrected chi connectivity index (χ2v) is 5.72. The lowest BCUT2D eigenvalue weighted by molar-refractivity contribution is -0.116. The fourth-order valence-corrected chi connectivity index (χ4v) is 2.20. The number of nitrogens with zero attached hydrogens (tertiary/aromatic N) is 2. The highest BCUT2D eigenvalue weighted by atomic mass is 79.9. The maximum atomic E-state index is 12.0. The van der Waals surface area contributed by atoms with E-state index in [0.29, 0.717) is 5.69 Å². The van der Waals surface area contributed by atoms with Crippen molar-refractivity contribution < 1.29 is 4.79 Å². The van der Waals surface area contributed by atoms with Crippen molar-refractivity contribution >= 4 is 33.2 Å². The van der Waals surface area contributed by atoms with Crippen molar-refractivity contribution in [3.8, 4) is 0 Å². The molecule has 0 atom stereocenters. The molecule has 0 bridgehead atoms. The third-order valence-corrected chi connectivity index (χ3v) is 3.40. The number of halogens is 1. The predicted molar refractivity (Wildman–Crippen MR) is 87.8 cm³/mol. The van der Waals surface area contributed by atoms with E-state index in [2.05, 4.69) is 21.2 Å². The number of pyridine rings is 1. The van der Waals surface area contributed by atoms with Gasteiger partial charge in [-0.3, -0.25) is 9.59 Å². The molecule has 0 aliphatic heterocycles. The van der Waals surface area contributed by atoms with Gasteiger partial charge >= 0.3 is 0 Å². The predicted octanol–water partition coefficient (Wildman–Crippen LogP) is 2.32. The molecule has 0 saturated carbocycles. The monoisotopic (exact) mass is 349 g/mol. The van der Waals surface area contributed by atoms with Crippen LogP contribution >= 0.6 is 15.9 Å². The second-order valence-electron chi connectivity index (χ2n) is 4.80. The van der Waals surface area contributed by atoms with Crippen molar-refractivity contribution in [1.82, 2.24) is 4.57 Å². The van der Waals surface area contributed by atoms with E-state index < -0.39 is 0 Å². The molecule has 0 fully saturated rings. The Hall–Kier alpha value is -2.08. The van der Waals surface area contributed by atoms with Gasteiger partial charge in [0.2, 0.25) is 5.91 Å². The van der Waals surface area contributed by atoms with Crippen LogP contribution in [-0.4, -0.2) is 24.6 Å². The number of nitrogens with one attached hydrogen (secondary N) is 1. The molecular formula is C15H16BrN3O2. The molecule has 6 heteroatoms. The highest BCUT2D eigenvalue weighted by Gasteiger charge is 2.06. The number of carbonyl (C=O) groups is 1. The van der Waals surface area contributed by atoms with Gasteiger partial charge in [0.1, 0.15) is 6.54 Å². The Labute approximate surface area is 131 Å². The minimum absolute atomic E-state index is 0.0201. The zero-order valence-corrected chi connectivity index (χ0v) is 13.4. The molecule has 2 aromatic rings. The summed E-state index contributed by atoms with van der Waals surface area (Å²) in [6.45, 7) is -0.0201. The molecule has 110 valence electrons. The maximum Gasteiger partial charge on any atom is 0.251 e. The number of rotatable bonds is 4. The Kier molecular flexibility index (Phi) is 4.80. The minimum Gasteiger partial charge on any atom is -0.378 e. The van der Waals surface area contributed by atoms with Crippen LogP contribution < -0.4 is 15.8 Å². The van der Waals surface area contributed by atoms with Gasteiger partial charge in [0.05, 0.1) is 0 Å². The Morgan fingerprint density at radius 2 is 1.86 bits per heavy atom. The van der Waals surface area contributed by atoms with E-state index >= 15 is 0 Å². The van der Waals surface area contributed by atoms with Crippen molar-refractivity contribution in [3.05, 3.63) is 57.4 Å². The lowest BCUT2D eigenvalue weighted by Crippen LogP contribution is -2.26. The van der Waals surface area contributed by atoms with Crippen LogP contribution in [0.5, 0.6) is 0 Å². The van der Waals surface area contributed by atoms with Crippen molar-refractivity contribution in [2.24, 2.45) is 0 Å². The van der Waals surface area contributed by atoms with E-state index in [1.165, 1.54) is 10.6 Å². The molecule has 1 amide bonds. The first kappa shape index (κ1) is 15.3. The number of hydrogen-bond donors (Lipinski definition) is 1. The average Bonchev–Trinajstić information content (AvgIpc) is 2.43. The van der Waals surface area contributed by atoms with Crippen LogP contribution in [0.25, 0.3) is 0 Å². The summed E-state index contributed by atoms with van der Waals surface area (Å²) in [7, 11) is 3.90. The van der Waals surface area contributed by atoms with Gasteiger partial charge in [0.25, 0.3) is 5.56 Å². The third kappa shape index (κ3) is 4.19. The van der Waals surface area contributed by atoms with E-state index in [0.717, 1.165) is 10.2 Å². The average molecular weight is 350 g/mol. The normalized spacial score (nSPS) is 10.2. The number of carbonyl (C=O) groups excluding carboxylic acids is 1. The van der Waals surface area contributed by atoms with Crippen molar-refractivity contribution in [1.29, 1.82) is 0 Å². The summed E-state index contributed by atoms with van der Waals surface area (Å²) in [6.07, 6.45) is 1.59. The van der Waals surface area contributed by atoms with E-state index in [-0.39, 0.29) is 18.0 Å². The Morgan fingerprint density at radius 1 is 1.19 bits per heavy atom. The molecule has 1 aromatic heterocycles. The maximum absolute atomic E-state index is 12.0. The molecule has 0 aliphatic carbocycles. The number of anilines is 2. The fourth-order valence-electron chi connectivity index (χ4n) is 1.82. The standard InChI is InChI=1S/C15H16BrN3O2/c1-18(2)13-6-4-12(5-7-13)17-14(20)10-19-9-11(16)3-8-15(19)21/h3-9H,10H2,1-2H3,(H,17,20). The molecule has 21 heavy (non-hydrogen) atoms. The topological polar surface area (TPSA) is 54.3 Å². The van der Waals surface area contributed by atoms with Crippen LogP contribution in [0.1, 0.15) is 0 Å². The van der Waals surface area contributed by atoms with Gasteiger partial charge in [-0.15, -0.1) is 0 Å². The van der Waals surface area contributed by atoms with Crippen LogP contribution in [0.3, 0.4) is 0 Å². The number of benzene rings is 1. The molecule has 1 heterocycles. The fraction of sp³-hybridized carbons (Fsp3) is 0.200. The van der Waals surface area contributed by atoms with Crippen LogP contribution in [0.4, 0.5) is 11.4 Å². The smallest absolute Gasteiger partial charge is 0.251 e. The van der Waals surface area contributed by atoms with Crippen molar-refractivity contribution in [3.63, 3.8) is 0 Å². The first-order valence-electron chi connectivity index (χ1n) is 6.39. The van der Waals surface area contributed by atoms with Gasteiger partial charge in [-0.25, -0.2) is 0 Å². The second kappa shape index (κ2) is 6.58. The molecule has 1 N–H and O–H groups in total. The molecule has 0 unspecified atom stereocenters. The van der Waals surface area contributed by atoms with Crippen LogP contribution in [0, 0.1) is 0 Å². The summed E-state index contributed by atoms with van der Waals surface area (Å²) in [4.78, 5) is 25.6. The largest absolute Gasteiger partial charge is 0.378 e. The van der Waals surface area contributed by atoms with E-state index in [1.807, 2.05) is 43.3 Å². The quantitative estimate of drug-likeness (QED) is 0.921. The molecule has 0 spiro atoms. The lowest BCUT2D eigenvalue weighted by Gasteiger charge is -2.13. The Balaban J connectivity index is 2.04. The lowest BCUT2D eigenvalue weighted by atomic mass is 10.2. The first-order valence-corrected chi connectivity index (χ1v) is 7.18. The summed E-state index contributed by atoms with van der Waals surface area (Å²) in [5, 5.41) is 2.77. The Morgan fingerprint density at radius 3 is 2.48 bits per heavy atom. The number of aromatic nitrogens is 1. The molecular weight excluding hydrogens is 334 g/mol. The zero-order valence-electron chi connectivity index (χ0n) is 11.8. The Bertz CT molecular complexity index is 693. The number of hydrogen-bond acceptors (Lipinski definition) is 3. The van der Waals surface area contributed by atoms with Gasteiger partial charge in [0.15, 0.2) is 0 Å². The highest BCUT2D eigenvalue weighted by Crippen LogP contribution is 2.15.